The lowest BCUT2D eigenvalue weighted by Gasteiger charge is -2.08. The van der Waals surface area contributed by atoms with Gasteiger partial charge >= 0.3 is 0 Å². The zero-order chi connectivity index (χ0) is 20.3. The molecule has 7 nitrogen and oxygen atoms in total. The quantitative estimate of drug-likeness (QED) is 0.442. The number of thiophene rings is 1. The van der Waals surface area contributed by atoms with E-state index >= 15 is 0 Å². The molecule has 1 N–H and O–H groups in total. The number of nitrogens with zero attached hydrogens (tertiary/aromatic N) is 4. The summed E-state index contributed by atoms with van der Waals surface area (Å²) in [5.41, 5.74) is 2.89. The average Bonchev–Trinajstić information content (AvgIpc) is 3.47. The predicted molar refractivity (Wildman–Crippen MR) is 115 cm³/mol. The molecular formula is C22H15N5O2S. The molecule has 0 spiro atoms. The van der Waals surface area contributed by atoms with E-state index < -0.39 is 0 Å². The number of nitrogens with one attached hydrogen (secondary N) is 1. The molecule has 0 unspecified atom stereocenters. The predicted octanol–water partition coefficient (Wildman–Crippen LogP) is 4.92. The van der Waals surface area contributed by atoms with Crippen LogP contribution in [0.1, 0.15) is 10.4 Å². The number of ether oxygens (including phenoxy) is 1. The van der Waals surface area contributed by atoms with Gasteiger partial charge in [-0.15, -0.1) is 0 Å². The van der Waals surface area contributed by atoms with Gasteiger partial charge in [0.25, 0.3) is 5.91 Å². The maximum Gasteiger partial charge on any atom is 0.256 e. The van der Waals surface area contributed by atoms with E-state index in [1.807, 2.05) is 41.1 Å². The summed E-state index contributed by atoms with van der Waals surface area (Å²) in [7, 11) is 0. The summed E-state index contributed by atoms with van der Waals surface area (Å²) in [6, 6.07) is 18.7. The van der Waals surface area contributed by atoms with E-state index in [1.54, 1.807) is 41.2 Å². The van der Waals surface area contributed by atoms with Crippen LogP contribution in [0, 0.1) is 0 Å². The zero-order valence-corrected chi connectivity index (χ0v) is 16.4. The van der Waals surface area contributed by atoms with Crippen molar-refractivity contribution in [2.45, 2.75) is 0 Å². The van der Waals surface area contributed by atoms with Crippen molar-refractivity contribution >= 4 is 34.0 Å². The zero-order valence-electron chi connectivity index (χ0n) is 15.6. The van der Waals surface area contributed by atoms with Crippen molar-refractivity contribution in [2.24, 2.45) is 0 Å². The lowest BCUT2D eigenvalue weighted by molar-refractivity contribution is 0.102. The third-order valence-electron chi connectivity index (χ3n) is 4.44. The number of hydrogen-bond donors (Lipinski definition) is 1. The molecule has 0 aliphatic heterocycles. The van der Waals surface area contributed by atoms with Crippen molar-refractivity contribution in [1.82, 2.24) is 19.7 Å². The number of carbonyl (C=O) groups is 1. The van der Waals surface area contributed by atoms with Gasteiger partial charge in [-0.1, -0.05) is 18.2 Å². The Hall–Kier alpha value is -4.04. The Morgan fingerprint density at radius 3 is 2.60 bits per heavy atom. The Morgan fingerprint density at radius 1 is 1.00 bits per heavy atom. The van der Waals surface area contributed by atoms with Gasteiger partial charge in [-0.2, -0.15) is 16.4 Å². The molecule has 8 heteroatoms. The van der Waals surface area contributed by atoms with Crippen molar-refractivity contribution < 1.29 is 9.53 Å². The number of carbonyl (C=O) groups excluding carboxylic acids is 1. The van der Waals surface area contributed by atoms with Crippen molar-refractivity contribution in [3.05, 3.63) is 89.5 Å². The van der Waals surface area contributed by atoms with Gasteiger partial charge in [0.2, 0.25) is 5.88 Å². The second-order valence-electron chi connectivity index (χ2n) is 6.40. The first-order chi connectivity index (χ1) is 14.8. The van der Waals surface area contributed by atoms with E-state index in [2.05, 4.69) is 20.4 Å². The van der Waals surface area contributed by atoms with Crippen LogP contribution in [0.5, 0.6) is 11.6 Å². The Morgan fingerprint density at radius 2 is 1.83 bits per heavy atom. The SMILES string of the molecule is O=C(Nc1ccc(Oc2ncnc3c2cnn3-c2ccccc2)cc1)c1ccsc1. The standard InChI is InChI=1S/C22H15N5O2S/c28-21(15-10-11-30-13-15)26-16-6-8-18(9-7-16)29-22-19-12-25-27(20(19)23-14-24-22)17-4-2-1-3-5-17/h1-14H,(H,26,28). The molecule has 0 fully saturated rings. The van der Waals surface area contributed by atoms with Crippen LogP contribution in [-0.2, 0) is 0 Å². The second-order valence-corrected chi connectivity index (χ2v) is 7.18. The minimum Gasteiger partial charge on any atom is -0.438 e. The van der Waals surface area contributed by atoms with Crippen molar-refractivity contribution in [2.75, 3.05) is 5.32 Å². The third kappa shape index (κ3) is 3.51. The highest BCUT2D eigenvalue weighted by atomic mass is 32.1. The van der Waals surface area contributed by atoms with E-state index in [-0.39, 0.29) is 5.91 Å². The maximum atomic E-state index is 12.2. The number of anilines is 1. The van der Waals surface area contributed by atoms with Gasteiger partial charge in [0.15, 0.2) is 5.65 Å². The summed E-state index contributed by atoms with van der Waals surface area (Å²) < 4.78 is 7.70. The Kier molecular flexibility index (Phi) is 4.66. The molecule has 5 aromatic rings. The summed E-state index contributed by atoms with van der Waals surface area (Å²) in [5.74, 6) is 0.865. The molecule has 5 rings (SSSR count). The molecule has 3 heterocycles. The summed E-state index contributed by atoms with van der Waals surface area (Å²) in [4.78, 5) is 20.8. The van der Waals surface area contributed by atoms with Gasteiger partial charge in [0, 0.05) is 11.1 Å². The fourth-order valence-corrected chi connectivity index (χ4v) is 3.61. The number of fused-ring (bicyclic) bond motifs is 1. The number of hydrogen-bond acceptors (Lipinski definition) is 6. The van der Waals surface area contributed by atoms with Crippen LogP contribution in [0.15, 0.2) is 83.9 Å². The highest BCUT2D eigenvalue weighted by molar-refractivity contribution is 7.08. The van der Waals surface area contributed by atoms with E-state index in [9.17, 15) is 4.79 Å². The largest absolute Gasteiger partial charge is 0.438 e. The van der Waals surface area contributed by atoms with Gasteiger partial charge in [-0.3, -0.25) is 4.79 Å². The molecule has 0 saturated heterocycles. The fraction of sp³-hybridized carbons (Fsp3) is 0. The molecular weight excluding hydrogens is 398 g/mol. The van der Waals surface area contributed by atoms with Crippen LogP contribution in [0.25, 0.3) is 16.7 Å². The summed E-state index contributed by atoms with van der Waals surface area (Å²) in [5, 5.41) is 11.7. The highest BCUT2D eigenvalue weighted by Crippen LogP contribution is 2.28. The van der Waals surface area contributed by atoms with E-state index in [0.717, 1.165) is 5.69 Å². The third-order valence-corrected chi connectivity index (χ3v) is 5.12. The molecule has 0 aliphatic carbocycles. The normalized spacial score (nSPS) is 10.8. The average molecular weight is 413 g/mol. The minimum absolute atomic E-state index is 0.143. The van der Waals surface area contributed by atoms with Crippen molar-refractivity contribution in [3.8, 4) is 17.3 Å². The van der Waals surface area contributed by atoms with Crippen LogP contribution in [0.2, 0.25) is 0 Å². The van der Waals surface area contributed by atoms with Crippen LogP contribution < -0.4 is 10.1 Å². The molecule has 1 amide bonds. The van der Waals surface area contributed by atoms with Gasteiger partial charge in [-0.05, 0) is 47.8 Å². The first kappa shape index (κ1) is 18.0. The summed E-state index contributed by atoms with van der Waals surface area (Å²) in [6.45, 7) is 0. The monoisotopic (exact) mass is 413 g/mol. The lowest BCUT2D eigenvalue weighted by Crippen LogP contribution is -2.10. The number of amides is 1. The number of rotatable bonds is 5. The molecule has 2 aromatic carbocycles. The molecule has 0 radical (unpaired) electrons. The number of aromatic nitrogens is 4. The Labute approximate surface area is 175 Å². The minimum atomic E-state index is -0.143. The topological polar surface area (TPSA) is 81.9 Å². The number of para-hydroxylation sites is 1. The lowest BCUT2D eigenvalue weighted by atomic mass is 10.2. The van der Waals surface area contributed by atoms with E-state index in [1.165, 1.54) is 17.7 Å². The maximum absolute atomic E-state index is 12.2. The summed E-state index contributed by atoms with van der Waals surface area (Å²) in [6.07, 6.45) is 3.14. The second kappa shape index (κ2) is 7.76. The smallest absolute Gasteiger partial charge is 0.256 e. The summed E-state index contributed by atoms with van der Waals surface area (Å²) >= 11 is 1.48. The molecule has 0 aliphatic rings. The van der Waals surface area contributed by atoms with Gasteiger partial charge in [0.1, 0.15) is 17.5 Å². The van der Waals surface area contributed by atoms with Crippen LogP contribution in [0.4, 0.5) is 5.69 Å². The highest BCUT2D eigenvalue weighted by Gasteiger charge is 2.13. The van der Waals surface area contributed by atoms with Crippen LogP contribution >= 0.6 is 11.3 Å². The van der Waals surface area contributed by atoms with Gasteiger partial charge in [0.05, 0.1) is 17.4 Å². The molecule has 146 valence electrons. The Bertz CT molecular complexity index is 1300. The van der Waals surface area contributed by atoms with Gasteiger partial charge < -0.3 is 10.1 Å². The van der Waals surface area contributed by atoms with Gasteiger partial charge in [-0.25, -0.2) is 14.6 Å². The van der Waals surface area contributed by atoms with Crippen molar-refractivity contribution in [3.63, 3.8) is 0 Å². The van der Waals surface area contributed by atoms with Crippen molar-refractivity contribution in [1.29, 1.82) is 0 Å². The fourth-order valence-electron chi connectivity index (χ4n) is 2.98. The Balaban J connectivity index is 1.37. The molecule has 30 heavy (non-hydrogen) atoms. The first-order valence-electron chi connectivity index (χ1n) is 9.13. The number of benzene rings is 2. The first-order valence-corrected chi connectivity index (χ1v) is 10.1. The molecule has 0 bridgehead atoms. The molecule has 0 saturated carbocycles. The van der Waals surface area contributed by atoms with E-state index in [0.29, 0.717) is 33.9 Å². The van der Waals surface area contributed by atoms with E-state index in [4.69, 9.17) is 4.74 Å². The van der Waals surface area contributed by atoms with Crippen LogP contribution in [0.3, 0.4) is 0 Å². The molecule has 3 aromatic heterocycles. The molecule has 0 atom stereocenters. The van der Waals surface area contributed by atoms with Crippen LogP contribution in [-0.4, -0.2) is 25.7 Å².